The van der Waals surface area contributed by atoms with Gasteiger partial charge in [-0.25, -0.2) is 4.79 Å². The normalized spacial score (nSPS) is 17.1. The van der Waals surface area contributed by atoms with E-state index in [0.29, 0.717) is 5.69 Å². The fraction of sp³-hybridized carbons (Fsp3) is 0.500. The van der Waals surface area contributed by atoms with Gasteiger partial charge in [0.05, 0.1) is 6.54 Å². The molecule has 28 heavy (non-hydrogen) atoms. The monoisotopic (exact) mass is 388 g/mol. The lowest BCUT2D eigenvalue weighted by atomic mass is 10.1. The van der Waals surface area contributed by atoms with E-state index in [2.05, 4.69) is 5.32 Å². The van der Waals surface area contributed by atoms with Gasteiger partial charge in [0.25, 0.3) is 5.91 Å². The van der Waals surface area contributed by atoms with Crippen molar-refractivity contribution < 1.29 is 19.2 Å². The summed E-state index contributed by atoms with van der Waals surface area (Å²) in [6.45, 7) is 8.54. The Balaban J connectivity index is 2.06. The minimum Gasteiger partial charge on any atom is -0.350 e. The molecule has 152 valence electrons. The molecule has 0 bridgehead atoms. The zero-order valence-electron chi connectivity index (χ0n) is 17.3. The summed E-state index contributed by atoms with van der Waals surface area (Å²) in [5.74, 6) is -1.23. The van der Waals surface area contributed by atoms with E-state index in [4.69, 9.17) is 0 Å². The average molecular weight is 388 g/mol. The number of hydrogen-bond acceptors (Lipinski definition) is 4. The summed E-state index contributed by atoms with van der Waals surface area (Å²) in [7, 11) is 1.47. The zero-order valence-corrected chi connectivity index (χ0v) is 17.3. The Kier molecular flexibility index (Phi) is 6.11. The Morgan fingerprint density at radius 1 is 1.14 bits per heavy atom. The molecule has 1 aliphatic rings. The van der Waals surface area contributed by atoms with Crippen molar-refractivity contribution in [3.8, 4) is 0 Å². The number of imide groups is 1. The second kappa shape index (κ2) is 8.00. The van der Waals surface area contributed by atoms with Crippen molar-refractivity contribution in [1.29, 1.82) is 0 Å². The topological polar surface area (TPSA) is 90.0 Å². The number of benzene rings is 1. The molecule has 1 heterocycles. The standard InChI is InChI=1S/C20H28N4O4/c1-13-7-9-15(10-8-13)24-14(2)18(27)23(19(24)28)12-17(26)22(6)11-16(25)21-20(3,4)5/h7-10,14H,11-12H2,1-6H3,(H,21,25)/t14-/m0/s1. The highest BCUT2D eigenvalue weighted by atomic mass is 16.2. The predicted molar refractivity (Wildman–Crippen MR) is 106 cm³/mol. The lowest BCUT2D eigenvalue weighted by Crippen LogP contribution is -2.48. The first-order chi connectivity index (χ1) is 12.9. The van der Waals surface area contributed by atoms with Crippen LogP contribution in [0.15, 0.2) is 24.3 Å². The van der Waals surface area contributed by atoms with Gasteiger partial charge in [0, 0.05) is 18.3 Å². The van der Waals surface area contributed by atoms with Gasteiger partial charge in [-0.1, -0.05) is 17.7 Å². The van der Waals surface area contributed by atoms with E-state index in [-0.39, 0.29) is 12.5 Å². The summed E-state index contributed by atoms with van der Waals surface area (Å²) in [5.41, 5.74) is 1.23. The van der Waals surface area contributed by atoms with Gasteiger partial charge in [0.1, 0.15) is 12.6 Å². The third-order valence-electron chi connectivity index (χ3n) is 4.37. The van der Waals surface area contributed by atoms with Gasteiger partial charge in [-0.15, -0.1) is 0 Å². The average Bonchev–Trinajstić information content (AvgIpc) is 2.77. The minimum absolute atomic E-state index is 0.149. The molecular weight excluding hydrogens is 360 g/mol. The third-order valence-corrected chi connectivity index (χ3v) is 4.37. The molecule has 0 unspecified atom stereocenters. The van der Waals surface area contributed by atoms with Crippen LogP contribution in [0.4, 0.5) is 10.5 Å². The number of anilines is 1. The van der Waals surface area contributed by atoms with Crippen LogP contribution in [0.25, 0.3) is 0 Å². The molecule has 1 aromatic rings. The van der Waals surface area contributed by atoms with E-state index in [1.54, 1.807) is 19.1 Å². The van der Waals surface area contributed by atoms with Crippen LogP contribution in [0.3, 0.4) is 0 Å². The smallest absolute Gasteiger partial charge is 0.332 e. The zero-order chi connectivity index (χ0) is 21.2. The van der Waals surface area contributed by atoms with Crippen LogP contribution in [-0.2, 0) is 14.4 Å². The Bertz CT molecular complexity index is 782. The van der Waals surface area contributed by atoms with Gasteiger partial charge in [0.2, 0.25) is 11.8 Å². The van der Waals surface area contributed by atoms with Gasteiger partial charge in [-0.05, 0) is 46.8 Å². The molecule has 0 aromatic heterocycles. The second-order valence-electron chi connectivity index (χ2n) is 8.14. The van der Waals surface area contributed by atoms with Crippen molar-refractivity contribution in [2.45, 2.75) is 46.2 Å². The molecule has 1 aliphatic heterocycles. The van der Waals surface area contributed by atoms with Crippen molar-refractivity contribution in [1.82, 2.24) is 15.1 Å². The number of rotatable bonds is 5. The van der Waals surface area contributed by atoms with Crippen LogP contribution in [-0.4, -0.2) is 65.3 Å². The van der Waals surface area contributed by atoms with E-state index in [0.717, 1.165) is 10.5 Å². The lowest BCUT2D eigenvalue weighted by Gasteiger charge is -2.24. The molecule has 1 saturated heterocycles. The maximum atomic E-state index is 12.8. The molecule has 0 spiro atoms. The summed E-state index contributed by atoms with van der Waals surface area (Å²) in [4.78, 5) is 53.3. The van der Waals surface area contributed by atoms with Gasteiger partial charge >= 0.3 is 6.03 Å². The number of urea groups is 1. The van der Waals surface area contributed by atoms with Gasteiger partial charge in [-0.3, -0.25) is 24.2 Å². The SMILES string of the molecule is Cc1ccc(N2C(=O)N(CC(=O)N(C)CC(=O)NC(C)(C)C)C(=O)[C@@H]2C)cc1. The molecule has 1 atom stereocenters. The highest BCUT2D eigenvalue weighted by molar-refractivity contribution is 6.15. The summed E-state index contributed by atoms with van der Waals surface area (Å²) < 4.78 is 0. The molecule has 1 N–H and O–H groups in total. The fourth-order valence-electron chi connectivity index (χ4n) is 2.93. The largest absolute Gasteiger partial charge is 0.350 e. The number of carbonyl (C=O) groups excluding carboxylic acids is 4. The molecule has 0 radical (unpaired) electrons. The second-order valence-corrected chi connectivity index (χ2v) is 8.14. The highest BCUT2D eigenvalue weighted by Gasteiger charge is 2.44. The van der Waals surface area contributed by atoms with Crippen LogP contribution >= 0.6 is 0 Å². The Hall–Kier alpha value is -2.90. The number of nitrogens with zero attached hydrogens (tertiary/aromatic N) is 3. The third kappa shape index (κ3) is 4.88. The van der Waals surface area contributed by atoms with Crippen LogP contribution in [0.2, 0.25) is 0 Å². The summed E-state index contributed by atoms with van der Waals surface area (Å²) in [6, 6.07) is 6.01. The molecule has 0 saturated carbocycles. The summed E-state index contributed by atoms with van der Waals surface area (Å²) >= 11 is 0. The van der Waals surface area contributed by atoms with E-state index < -0.39 is 36.0 Å². The van der Waals surface area contributed by atoms with Gasteiger partial charge in [0.15, 0.2) is 0 Å². The molecule has 2 rings (SSSR count). The van der Waals surface area contributed by atoms with Crippen molar-refractivity contribution in [2.75, 3.05) is 25.0 Å². The number of aryl methyl sites for hydroxylation is 1. The molecule has 0 aliphatic carbocycles. The van der Waals surface area contributed by atoms with Crippen LogP contribution in [0.1, 0.15) is 33.3 Å². The van der Waals surface area contributed by atoms with Crippen molar-refractivity contribution in [3.05, 3.63) is 29.8 Å². The quantitative estimate of drug-likeness (QED) is 0.775. The first kappa shape index (κ1) is 21.4. The molecule has 1 fully saturated rings. The number of hydrogen-bond donors (Lipinski definition) is 1. The number of nitrogens with one attached hydrogen (secondary N) is 1. The molecule has 8 nitrogen and oxygen atoms in total. The Morgan fingerprint density at radius 2 is 1.71 bits per heavy atom. The number of likely N-dealkylation sites (N-methyl/N-ethyl adjacent to an activating group) is 1. The van der Waals surface area contributed by atoms with E-state index in [1.807, 2.05) is 39.8 Å². The van der Waals surface area contributed by atoms with Crippen LogP contribution in [0, 0.1) is 6.92 Å². The number of carbonyl (C=O) groups is 4. The van der Waals surface area contributed by atoms with E-state index in [1.165, 1.54) is 16.8 Å². The van der Waals surface area contributed by atoms with Gasteiger partial charge in [-0.2, -0.15) is 0 Å². The molecule has 1 aromatic carbocycles. The highest BCUT2D eigenvalue weighted by Crippen LogP contribution is 2.26. The number of amides is 5. The Morgan fingerprint density at radius 3 is 2.25 bits per heavy atom. The maximum Gasteiger partial charge on any atom is 0.332 e. The van der Waals surface area contributed by atoms with Crippen molar-refractivity contribution in [2.24, 2.45) is 0 Å². The summed E-state index contributed by atoms with van der Waals surface area (Å²) in [6.07, 6.45) is 0. The van der Waals surface area contributed by atoms with Crippen molar-refractivity contribution >= 4 is 29.4 Å². The van der Waals surface area contributed by atoms with Crippen LogP contribution in [0.5, 0.6) is 0 Å². The van der Waals surface area contributed by atoms with Crippen molar-refractivity contribution in [3.63, 3.8) is 0 Å². The lowest BCUT2D eigenvalue weighted by molar-refractivity contribution is -0.138. The van der Waals surface area contributed by atoms with E-state index >= 15 is 0 Å². The first-order valence-corrected chi connectivity index (χ1v) is 9.17. The van der Waals surface area contributed by atoms with Crippen LogP contribution < -0.4 is 10.2 Å². The van der Waals surface area contributed by atoms with Gasteiger partial charge < -0.3 is 10.2 Å². The maximum absolute atomic E-state index is 12.8. The minimum atomic E-state index is -0.697. The molecular formula is C20H28N4O4. The Labute approximate surface area is 165 Å². The molecule has 8 heteroatoms. The first-order valence-electron chi connectivity index (χ1n) is 9.17. The predicted octanol–water partition coefficient (Wildman–Crippen LogP) is 1.53. The summed E-state index contributed by atoms with van der Waals surface area (Å²) in [5, 5.41) is 2.77. The molecule has 5 amide bonds. The van der Waals surface area contributed by atoms with E-state index in [9.17, 15) is 19.2 Å². The fourth-order valence-corrected chi connectivity index (χ4v) is 2.93.